The molecule has 1 unspecified atom stereocenters. The summed E-state index contributed by atoms with van der Waals surface area (Å²) in [7, 11) is 0. The number of amides is 3. The van der Waals surface area contributed by atoms with E-state index >= 15 is 0 Å². The Morgan fingerprint density at radius 3 is 1.98 bits per heavy atom. The second kappa shape index (κ2) is 11.3. The van der Waals surface area contributed by atoms with Crippen molar-refractivity contribution in [3.8, 4) is 0 Å². The molecule has 0 N–H and O–H groups in total. The first-order valence-corrected chi connectivity index (χ1v) is 13.5. The molecule has 6 nitrogen and oxygen atoms in total. The normalized spacial score (nSPS) is 20.2. The van der Waals surface area contributed by atoms with E-state index in [1.165, 1.54) is 32.9 Å². The van der Waals surface area contributed by atoms with E-state index in [4.69, 9.17) is 4.74 Å². The van der Waals surface area contributed by atoms with Crippen molar-refractivity contribution in [3.05, 3.63) is 70.0 Å². The van der Waals surface area contributed by atoms with Crippen molar-refractivity contribution in [2.24, 2.45) is 0 Å². The van der Waals surface area contributed by atoms with E-state index in [1.807, 2.05) is 0 Å². The van der Waals surface area contributed by atoms with Crippen LogP contribution in [0.3, 0.4) is 0 Å². The van der Waals surface area contributed by atoms with Gasteiger partial charge < -0.3 is 19.4 Å². The summed E-state index contributed by atoms with van der Waals surface area (Å²) in [6.45, 7) is 6.97. The maximum absolute atomic E-state index is 14.0. The predicted molar refractivity (Wildman–Crippen MR) is 139 cm³/mol. The molecule has 0 aliphatic carbocycles. The first-order chi connectivity index (χ1) is 19.3. The highest BCUT2D eigenvalue weighted by Gasteiger charge is 2.43. The molecule has 2 heterocycles. The number of ether oxygens (including phenoxy) is 1. The molecule has 0 radical (unpaired) electrons. The van der Waals surface area contributed by atoms with E-state index in [0.29, 0.717) is 29.7 Å². The lowest BCUT2D eigenvalue weighted by Crippen LogP contribution is -2.56. The van der Waals surface area contributed by atoms with Gasteiger partial charge in [-0.1, -0.05) is 6.07 Å². The molecule has 2 aliphatic rings. The van der Waals surface area contributed by atoms with Gasteiger partial charge in [-0.25, -0.2) is 14.0 Å². The second-order valence-corrected chi connectivity index (χ2v) is 11.6. The van der Waals surface area contributed by atoms with Crippen LogP contribution in [0.5, 0.6) is 0 Å². The summed E-state index contributed by atoms with van der Waals surface area (Å²) in [6, 6.07) is 2.99. The van der Waals surface area contributed by atoms with Crippen LogP contribution in [0.15, 0.2) is 36.4 Å². The molecule has 2 aliphatic heterocycles. The quantitative estimate of drug-likeness (QED) is 0.331. The Balaban J connectivity index is 1.69. The molecule has 13 heteroatoms. The van der Waals surface area contributed by atoms with Crippen LogP contribution in [0.4, 0.5) is 40.3 Å². The standard InChI is InChI=1S/C29H32F7N3O3/c1-17-12-21(30)7-8-22(17)24-16-37(26(41)42-27(2,3)4)10-11-39(24)25(40)38-9-5-6-23(38)18-13-19(28(31,32)33)15-20(14-18)29(34,35)36/h7-8,12-15,23-24H,5-6,9-11,16H2,1-4H3/t23?,24-/m1/s1. The van der Waals surface area contributed by atoms with Gasteiger partial charge in [-0.2, -0.15) is 26.3 Å². The topological polar surface area (TPSA) is 53.1 Å². The van der Waals surface area contributed by atoms with Gasteiger partial charge in [0.25, 0.3) is 0 Å². The molecule has 42 heavy (non-hydrogen) atoms. The molecule has 230 valence electrons. The minimum absolute atomic E-state index is 0.00653. The van der Waals surface area contributed by atoms with E-state index in [0.717, 1.165) is 0 Å². The van der Waals surface area contributed by atoms with E-state index in [2.05, 4.69) is 0 Å². The monoisotopic (exact) mass is 603 g/mol. The Bertz CT molecular complexity index is 1300. The average molecular weight is 604 g/mol. The third-order valence-corrected chi connectivity index (χ3v) is 7.36. The van der Waals surface area contributed by atoms with Gasteiger partial charge in [-0.15, -0.1) is 0 Å². The molecule has 2 saturated heterocycles. The predicted octanol–water partition coefficient (Wildman–Crippen LogP) is 7.72. The minimum atomic E-state index is -5.02. The number of alkyl halides is 6. The van der Waals surface area contributed by atoms with Crippen LogP contribution in [0.1, 0.15) is 73.5 Å². The number of carbonyl (C=O) groups excluding carboxylic acids is 2. The molecular weight excluding hydrogens is 571 g/mol. The lowest BCUT2D eigenvalue weighted by molar-refractivity contribution is -0.143. The van der Waals surface area contributed by atoms with E-state index in [1.54, 1.807) is 27.7 Å². The van der Waals surface area contributed by atoms with Crippen LogP contribution in [0.2, 0.25) is 0 Å². The van der Waals surface area contributed by atoms with Crippen molar-refractivity contribution >= 4 is 12.1 Å². The fourth-order valence-corrected chi connectivity index (χ4v) is 5.46. The number of nitrogens with zero attached hydrogens (tertiary/aromatic N) is 3. The highest BCUT2D eigenvalue weighted by atomic mass is 19.4. The minimum Gasteiger partial charge on any atom is -0.444 e. The van der Waals surface area contributed by atoms with Crippen LogP contribution in [-0.2, 0) is 17.1 Å². The van der Waals surface area contributed by atoms with E-state index < -0.39 is 59.1 Å². The zero-order valence-corrected chi connectivity index (χ0v) is 23.6. The highest BCUT2D eigenvalue weighted by molar-refractivity contribution is 5.77. The van der Waals surface area contributed by atoms with Gasteiger partial charge in [0, 0.05) is 26.2 Å². The van der Waals surface area contributed by atoms with Crippen molar-refractivity contribution in [1.82, 2.24) is 14.7 Å². The zero-order valence-electron chi connectivity index (χ0n) is 23.6. The first-order valence-electron chi connectivity index (χ1n) is 13.5. The lowest BCUT2D eigenvalue weighted by atomic mass is 9.97. The molecule has 0 saturated carbocycles. The number of aryl methyl sites for hydroxylation is 1. The Hall–Kier alpha value is -3.51. The summed E-state index contributed by atoms with van der Waals surface area (Å²) in [6.07, 6.45) is -10.1. The largest absolute Gasteiger partial charge is 0.444 e. The summed E-state index contributed by atoms with van der Waals surface area (Å²) in [5, 5.41) is 0. The van der Waals surface area contributed by atoms with Gasteiger partial charge in [0.05, 0.1) is 23.2 Å². The molecule has 2 aromatic carbocycles. The summed E-state index contributed by atoms with van der Waals surface area (Å²) in [5.41, 5.74) is -2.88. The lowest BCUT2D eigenvalue weighted by Gasteiger charge is -2.44. The number of carbonyl (C=O) groups is 2. The Morgan fingerprint density at radius 1 is 0.833 bits per heavy atom. The second-order valence-electron chi connectivity index (χ2n) is 11.6. The number of hydrogen-bond acceptors (Lipinski definition) is 3. The molecule has 0 aromatic heterocycles. The Kier molecular flexibility index (Phi) is 8.45. The summed E-state index contributed by atoms with van der Waals surface area (Å²) < 4.78 is 101. The van der Waals surface area contributed by atoms with Crippen molar-refractivity contribution < 1.29 is 45.1 Å². The molecule has 0 bridgehead atoms. The number of benzene rings is 2. The van der Waals surface area contributed by atoms with E-state index in [-0.39, 0.29) is 44.2 Å². The van der Waals surface area contributed by atoms with Crippen molar-refractivity contribution in [2.45, 2.75) is 70.6 Å². The van der Waals surface area contributed by atoms with Crippen LogP contribution in [0, 0.1) is 12.7 Å². The maximum Gasteiger partial charge on any atom is 0.416 e. The fraction of sp³-hybridized carbons (Fsp3) is 0.517. The maximum atomic E-state index is 14.0. The third kappa shape index (κ3) is 6.92. The summed E-state index contributed by atoms with van der Waals surface area (Å²) in [5.74, 6) is -0.501. The molecule has 2 aromatic rings. The van der Waals surface area contributed by atoms with Crippen LogP contribution >= 0.6 is 0 Å². The summed E-state index contributed by atoms with van der Waals surface area (Å²) >= 11 is 0. The van der Waals surface area contributed by atoms with Gasteiger partial charge in [0.15, 0.2) is 0 Å². The SMILES string of the molecule is Cc1cc(F)ccc1[C@H]1CN(C(=O)OC(C)(C)C)CCN1C(=O)N1CCCC1c1cc(C(F)(F)F)cc(C(F)(F)F)c1. The van der Waals surface area contributed by atoms with Gasteiger partial charge in [-0.3, -0.25) is 0 Å². The van der Waals surface area contributed by atoms with Gasteiger partial charge in [-0.05, 0) is 87.6 Å². The smallest absolute Gasteiger partial charge is 0.416 e. The number of hydrogen-bond donors (Lipinski definition) is 0. The van der Waals surface area contributed by atoms with E-state index in [9.17, 15) is 40.3 Å². The molecule has 2 fully saturated rings. The van der Waals surface area contributed by atoms with Crippen molar-refractivity contribution in [3.63, 3.8) is 0 Å². The van der Waals surface area contributed by atoms with Crippen molar-refractivity contribution in [2.75, 3.05) is 26.2 Å². The fourth-order valence-electron chi connectivity index (χ4n) is 5.46. The summed E-state index contributed by atoms with van der Waals surface area (Å²) in [4.78, 5) is 31.0. The van der Waals surface area contributed by atoms with Gasteiger partial charge >= 0.3 is 24.5 Å². The average Bonchev–Trinajstić information content (AvgIpc) is 3.36. The number of urea groups is 1. The number of halogens is 7. The Morgan fingerprint density at radius 2 is 1.43 bits per heavy atom. The Labute approximate surface area is 239 Å². The molecule has 0 spiro atoms. The molecule has 2 atom stereocenters. The van der Waals surface area contributed by atoms with Crippen LogP contribution < -0.4 is 0 Å². The first kappa shape index (κ1) is 31.4. The third-order valence-electron chi connectivity index (χ3n) is 7.36. The van der Waals surface area contributed by atoms with Crippen LogP contribution in [-0.4, -0.2) is 58.6 Å². The molecule has 3 amide bonds. The molecule has 4 rings (SSSR count). The van der Waals surface area contributed by atoms with Gasteiger partial charge in [0.1, 0.15) is 11.4 Å². The number of piperazine rings is 1. The highest BCUT2D eigenvalue weighted by Crippen LogP contribution is 2.42. The van der Waals surface area contributed by atoms with Gasteiger partial charge in [0.2, 0.25) is 0 Å². The van der Waals surface area contributed by atoms with Crippen molar-refractivity contribution in [1.29, 1.82) is 0 Å². The van der Waals surface area contributed by atoms with Crippen LogP contribution in [0.25, 0.3) is 0 Å². The number of likely N-dealkylation sites (tertiary alicyclic amines) is 1. The zero-order chi connectivity index (χ0) is 31.2. The molecular formula is C29H32F7N3O3. The number of rotatable bonds is 2.